The highest BCUT2D eigenvalue weighted by molar-refractivity contribution is 5.89. The van der Waals surface area contributed by atoms with Crippen LogP contribution in [0.2, 0.25) is 0 Å². The monoisotopic (exact) mass is 257 g/mol. The molecule has 1 fully saturated rings. The van der Waals surface area contributed by atoms with E-state index >= 15 is 0 Å². The highest BCUT2D eigenvalue weighted by Crippen LogP contribution is 2.35. The molecule has 1 N–H and O–H groups in total. The Kier molecular flexibility index (Phi) is 2.68. The third kappa shape index (κ3) is 1.68. The summed E-state index contributed by atoms with van der Waals surface area (Å²) in [4.78, 5) is 22.8. The molecular weight excluding hydrogens is 248 g/mol. The molecule has 1 aromatic rings. The van der Waals surface area contributed by atoms with Gasteiger partial charge in [0.05, 0.1) is 0 Å². The minimum atomic E-state index is -1.51. The summed E-state index contributed by atoms with van der Waals surface area (Å²) >= 11 is 0. The van der Waals surface area contributed by atoms with Crippen molar-refractivity contribution in [3.8, 4) is 0 Å². The first-order chi connectivity index (χ1) is 8.36. The van der Waals surface area contributed by atoms with E-state index in [0.717, 1.165) is 12.1 Å². The topological polar surface area (TPSA) is 66.8 Å². The second-order valence-corrected chi connectivity index (χ2v) is 4.08. The maximum absolute atomic E-state index is 13.2. The predicted molar refractivity (Wildman–Crippen MR) is 54.9 cm³/mol. The van der Waals surface area contributed by atoms with E-state index in [0.29, 0.717) is 4.90 Å². The van der Waals surface area contributed by atoms with E-state index < -0.39 is 29.4 Å². The lowest BCUT2D eigenvalue weighted by atomic mass is 9.92. The molecule has 1 aromatic carbocycles. The van der Waals surface area contributed by atoms with Gasteiger partial charge in [0.2, 0.25) is 0 Å². The Morgan fingerprint density at radius 2 is 2.11 bits per heavy atom. The Hall–Kier alpha value is -2.18. The first kappa shape index (κ1) is 12.3. The fourth-order valence-corrected chi connectivity index (χ4v) is 1.87. The zero-order chi connectivity index (χ0) is 13.5. The maximum Gasteiger partial charge on any atom is 0.420 e. The molecule has 7 heteroatoms. The number of ether oxygens (including phenoxy) is 1. The van der Waals surface area contributed by atoms with Gasteiger partial charge in [-0.2, -0.15) is 4.90 Å². The molecular formula is C11H9F2NO4. The minimum absolute atomic E-state index is 0.148. The van der Waals surface area contributed by atoms with Gasteiger partial charge in [-0.05, 0) is 24.6 Å². The number of halogens is 2. The van der Waals surface area contributed by atoms with Gasteiger partial charge in [-0.1, -0.05) is 6.07 Å². The van der Waals surface area contributed by atoms with Gasteiger partial charge in [-0.3, -0.25) is 0 Å². The van der Waals surface area contributed by atoms with Crippen LogP contribution in [0.25, 0.3) is 0 Å². The van der Waals surface area contributed by atoms with Crippen LogP contribution in [-0.2, 0) is 10.3 Å². The average Bonchev–Trinajstić information content (AvgIpc) is 2.59. The van der Waals surface area contributed by atoms with Crippen LogP contribution >= 0.6 is 0 Å². The van der Waals surface area contributed by atoms with Crippen molar-refractivity contribution in [2.75, 3.05) is 6.61 Å². The quantitative estimate of drug-likeness (QED) is 0.838. The lowest BCUT2D eigenvalue weighted by Gasteiger charge is -2.28. The summed E-state index contributed by atoms with van der Waals surface area (Å²) in [6.45, 7) is 1.15. The number of rotatable bonds is 1. The third-order valence-corrected chi connectivity index (χ3v) is 2.89. The summed E-state index contributed by atoms with van der Waals surface area (Å²) in [6.07, 6.45) is -2.54. The van der Waals surface area contributed by atoms with Crippen molar-refractivity contribution in [2.45, 2.75) is 12.5 Å². The molecule has 1 aliphatic heterocycles. The van der Waals surface area contributed by atoms with E-state index in [4.69, 9.17) is 5.11 Å². The van der Waals surface area contributed by atoms with Gasteiger partial charge >= 0.3 is 12.2 Å². The van der Waals surface area contributed by atoms with E-state index in [2.05, 4.69) is 4.74 Å². The van der Waals surface area contributed by atoms with Gasteiger partial charge in [0.1, 0.15) is 12.1 Å². The van der Waals surface area contributed by atoms with Crippen LogP contribution < -0.4 is 0 Å². The Morgan fingerprint density at radius 3 is 2.67 bits per heavy atom. The van der Waals surface area contributed by atoms with Gasteiger partial charge in [0, 0.05) is 0 Å². The second kappa shape index (κ2) is 3.94. The van der Waals surface area contributed by atoms with Crippen LogP contribution in [0, 0.1) is 11.6 Å². The van der Waals surface area contributed by atoms with E-state index in [-0.39, 0.29) is 12.2 Å². The average molecular weight is 257 g/mol. The van der Waals surface area contributed by atoms with E-state index in [9.17, 15) is 18.4 Å². The van der Waals surface area contributed by atoms with Crippen molar-refractivity contribution in [1.82, 2.24) is 4.90 Å². The first-order valence-corrected chi connectivity index (χ1v) is 5.02. The summed E-state index contributed by atoms with van der Waals surface area (Å²) in [5.74, 6) is -2.16. The van der Waals surface area contributed by atoms with Crippen LogP contribution in [0.15, 0.2) is 18.2 Å². The molecule has 0 saturated carbocycles. The van der Waals surface area contributed by atoms with Crippen LogP contribution in [0.5, 0.6) is 0 Å². The molecule has 1 aliphatic rings. The molecule has 0 bridgehead atoms. The van der Waals surface area contributed by atoms with Gasteiger partial charge in [0.15, 0.2) is 11.6 Å². The minimum Gasteiger partial charge on any atom is -0.464 e. The Morgan fingerprint density at radius 1 is 1.44 bits per heavy atom. The van der Waals surface area contributed by atoms with E-state index in [1.807, 2.05) is 0 Å². The van der Waals surface area contributed by atoms with Crippen molar-refractivity contribution in [3.63, 3.8) is 0 Å². The molecule has 5 nitrogen and oxygen atoms in total. The third-order valence-electron chi connectivity index (χ3n) is 2.89. The number of carboxylic acid groups (broad SMARTS) is 1. The molecule has 1 heterocycles. The van der Waals surface area contributed by atoms with Gasteiger partial charge < -0.3 is 9.84 Å². The Bertz CT molecular complexity index is 534. The number of hydrogen-bond acceptors (Lipinski definition) is 3. The Labute approximate surface area is 101 Å². The van der Waals surface area contributed by atoms with Crippen molar-refractivity contribution >= 4 is 12.2 Å². The lowest BCUT2D eigenvalue weighted by molar-refractivity contribution is 0.121. The highest BCUT2D eigenvalue weighted by atomic mass is 19.2. The maximum atomic E-state index is 13.2. The molecule has 96 valence electrons. The Balaban J connectivity index is 2.50. The molecule has 2 amide bonds. The molecule has 0 radical (unpaired) electrons. The zero-order valence-corrected chi connectivity index (χ0v) is 9.31. The summed E-state index contributed by atoms with van der Waals surface area (Å²) in [5, 5.41) is 8.96. The number of benzene rings is 1. The summed E-state index contributed by atoms with van der Waals surface area (Å²) in [5.41, 5.74) is -1.22. The smallest absolute Gasteiger partial charge is 0.420 e. The summed E-state index contributed by atoms with van der Waals surface area (Å²) < 4.78 is 30.7. The normalized spacial score (nSPS) is 23.1. The first-order valence-electron chi connectivity index (χ1n) is 5.02. The SMILES string of the molecule is CC1(c2ccc(F)c(F)c2)COC(=O)N1C(=O)O. The van der Waals surface area contributed by atoms with Crippen LogP contribution in [0.3, 0.4) is 0 Å². The molecule has 0 aliphatic carbocycles. The van der Waals surface area contributed by atoms with E-state index in [1.54, 1.807) is 0 Å². The van der Waals surface area contributed by atoms with Crippen LogP contribution in [-0.4, -0.2) is 28.8 Å². The zero-order valence-electron chi connectivity index (χ0n) is 9.31. The molecule has 1 unspecified atom stereocenters. The number of cyclic esters (lactones) is 1. The number of imide groups is 1. The summed E-state index contributed by atoms with van der Waals surface area (Å²) in [6, 6.07) is 2.95. The van der Waals surface area contributed by atoms with Crippen molar-refractivity contribution in [2.24, 2.45) is 0 Å². The molecule has 18 heavy (non-hydrogen) atoms. The number of nitrogens with zero attached hydrogens (tertiary/aromatic N) is 1. The largest absolute Gasteiger partial charge is 0.464 e. The van der Waals surface area contributed by atoms with Crippen molar-refractivity contribution in [3.05, 3.63) is 35.4 Å². The number of hydrogen-bond donors (Lipinski definition) is 1. The van der Waals surface area contributed by atoms with E-state index in [1.165, 1.54) is 13.0 Å². The standard InChI is InChI=1S/C11H9F2NO4/c1-11(5-18-10(17)14(11)9(15)16)6-2-3-7(12)8(13)4-6/h2-4H,5H2,1H3,(H,15,16). The summed E-state index contributed by atoms with van der Waals surface area (Å²) in [7, 11) is 0. The van der Waals surface area contributed by atoms with Gasteiger partial charge in [0.25, 0.3) is 0 Å². The number of carbonyl (C=O) groups excluding carboxylic acids is 1. The van der Waals surface area contributed by atoms with Crippen molar-refractivity contribution < 1.29 is 28.2 Å². The highest BCUT2D eigenvalue weighted by Gasteiger charge is 2.49. The fraction of sp³-hybridized carbons (Fsp3) is 0.273. The fourth-order valence-electron chi connectivity index (χ4n) is 1.87. The molecule has 1 saturated heterocycles. The van der Waals surface area contributed by atoms with Crippen molar-refractivity contribution in [1.29, 1.82) is 0 Å². The number of amides is 2. The molecule has 0 aromatic heterocycles. The number of carbonyl (C=O) groups is 2. The van der Waals surface area contributed by atoms with Gasteiger partial charge in [-0.15, -0.1) is 0 Å². The lowest BCUT2D eigenvalue weighted by Crippen LogP contribution is -2.45. The van der Waals surface area contributed by atoms with Crippen LogP contribution in [0.1, 0.15) is 12.5 Å². The molecule has 0 spiro atoms. The molecule has 1 atom stereocenters. The molecule has 2 rings (SSSR count). The second-order valence-electron chi connectivity index (χ2n) is 4.08. The van der Waals surface area contributed by atoms with Crippen LogP contribution in [0.4, 0.5) is 18.4 Å². The predicted octanol–water partition coefficient (Wildman–Crippen LogP) is 2.31. The van der Waals surface area contributed by atoms with Gasteiger partial charge in [-0.25, -0.2) is 18.4 Å².